The number of carbonyl (C=O) groups is 1. The molecule has 0 bridgehead atoms. The average molecular weight is 472 g/mol. The van der Waals surface area contributed by atoms with Gasteiger partial charge >= 0.3 is 0 Å². The van der Waals surface area contributed by atoms with Crippen LogP contribution in [0, 0.1) is 0 Å². The molecule has 10 heteroatoms. The first-order chi connectivity index (χ1) is 16.2. The molecule has 0 aliphatic carbocycles. The van der Waals surface area contributed by atoms with Crippen LogP contribution < -0.4 is 0 Å². The summed E-state index contributed by atoms with van der Waals surface area (Å²) >= 11 is 3.31. The Hall–Kier alpha value is -3.89. The van der Waals surface area contributed by atoms with E-state index in [0.717, 1.165) is 38.3 Å². The molecule has 2 N–H and O–H groups in total. The molecule has 0 aliphatic rings. The second-order valence-electron chi connectivity index (χ2n) is 7.59. The van der Waals surface area contributed by atoms with E-state index in [0.29, 0.717) is 12.2 Å². The maximum atomic E-state index is 13.0. The SMILES string of the molecule is O=C(Cc1cnn(Cc2csc(-c3cccs3)n2)c1)c1n[nH]c2cc(-c3cn[nH]c3)ccc12. The van der Waals surface area contributed by atoms with E-state index in [1.165, 1.54) is 4.88 Å². The number of aromatic amines is 2. The van der Waals surface area contributed by atoms with Gasteiger partial charge in [-0.1, -0.05) is 12.1 Å². The monoisotopic (exact) mass is 471 g/mol. The normalized spacial score (nSPS) is 11.4. The minimum absolute atomic E-state index is 0.0505. The molecule has 0 aliphatic heterocycles. The highest BCUT2D eigenvalue weighted by molar-refractivity contribution is 7.20. The molecule has 5 heterocycles. The summed E-state index contributed by atoms with van der Waals surface area (Å²) in [6, 6.07) is 9.96. The number of carbonyl (C=O) groups excluding carboxylic acids is 1. The van der Waals surface area contributed by atoms with Crippen molar-refractivity contribution in [2.24, 2.45) is 0 Å². The van der Waals surface area contributed by atoms with Gasteiger partial charge in [0.05, 0.1) is 35.0 Å². The van der Waals surface area contributed by atoms with Crippen molar-refractivity contribution in [3.05, 3.63) is 82.8 Å². The minimum Gasteiger partial charge on any atom is -0.292 e. The van der Waals surface area contributed by atoms with Gasteiger partial charge in [-0.15, -0.1) is 22.7 Å². The number of aromatic nitrogens is 7. The molecule has 0 unspecified atom stereocenters. The molecule has 0 saturated carbocycles. The van der Waals surface area contributed by atoms with E-state index in [9.17, 15) is 4.79 Å². The molecule has 6 aromatic rings. The van der Waals surface area contributed by atoms with Crippen LogP contribution in [0.3, 0.4) is 0 Å². The number of nitrogens with one attached hydrogen (secondary N) is 2. The molecule has 8 nitrogen and oxygen atoms in total. The van der Waals surface area contributed by atoms with Gasteiger partial charge in [0, 0.05) is 35.1 Å². The molecule has 162 valence electrons. The molecule has 0 radical (unpaired) electrons. The Balaban J connectivity index is 1.16. The zero-order valence-corrected chi connectivity index (χ0v) is 18.9. The van der Waals surface area contributed by atoms with Gasteiger partial charge in [0.15, 0.2) is 5.78 Å². The van der Waals surface area contributed by atoms with Gasteiger partial charge in [-0.3, -0.25) is 19.7 Å². The predicted octanol–water partition coefficient (Wildman–Crippen LogP) is 4.81. The number of hydrogen-bond acceptors (Lipinski definition) is 7. The quantitative estimate of drug-likeness (QED) is 0.325. The molecular weight excluding hydrogens is 454 g/mol. The van der Waals surface area contributed by atoms with Crippen LogP contribution in [0.5, 0.6) is 0 Å². The van der Waals surface area contributed by atoms with Gasteiger partial charge in [-0.25, -0.2) is 4.98 Å². The van der Waals surface area contributed by atoms with Gasteiger partial charge in [-0.05, 0) is 34.7 Å². The number of benzene rings is 1. The fraction of sp³-hybridized carbons (Fsp3) is 0.0870. The van der Waals surface area contributed by atoms with Crippen LogP contribution in [0.4, 0.5) is 0 Å². The van der Waals surface area contributed by atoms with Crippen LogP contribution in [0.15, 0.2) is 65.9 Å². The average Bonchev–Trinajstić information content (AvgIpc) is 3.65. The van der Waals surface area contributed by atoms with Crippen LogP contribution in [-0.4, -0.2) is 40.9 Å². The molecule has 0 amide bonds. The smallest absolute Gasteiger partial charge is 0.188 e. The lowest BCUT2D eigenvalue weighted by molar-refractivity contribution is 0.0989. The summed E-state index contributed by atoms with van der Waals surface area (Å²) in [7, 11) is 0. The summed E-state index contributed by atoms with van der Waals surface area (Å²) in [5.41, 5.74) is 5.05. The molecule has 1 aromatic carbocycles. The van der Waals surface area contributed by atoms with E-state index in [2.05, 4.69) is 36.9 Å². The van der Waals surface area contributed by atoms with Gasteiger partial charge in [0.2, 0.25) is 0 Å². The highest BCUT2D eigenvalue weighted by Crippen LogP contribution is 2.28. The molecule has 0 fully saturated rings. The van der Waals surface area contributed by atoms with Crippen LogP contribution in [-0.2, 0) is 13.0 Å². The number of H-pyrrole nitrogens is 2. The predicted molar refractivity (Wildman–Crippen MR) is 128 cm³/mol. The first-order valence-corrected chi connectivity index (χ1v) is 12.0. The van der Waals surface area contributed by atoms with Crippen molar-refractivity contribution in [1.29, 1.82) is 0 Å². The fourth-order valence-corrected chi connectivity index (χ4v) is 5.36. The van der Waals surface area contributed by atoms with E-state index in [1.807, 2.05) is 46.7 Å². The first-order valence-electron chi connectivity index (χ1n) is 10.2. The van der Waals surface area contributed by atoms with Gasteiger partial charge in [0.25, 0.3) is 0 Å². The Kier molecular flexibility index (Phi) is 4.93. The molecule has 6 rings (SSSR count). The Morgan fingerprint density at radius 1 is 1.12 bits per heavy atom. The van der Waals surface area contributed by atoms with Gasteiger partial charge in [0.1, 0.15) is 10.7 Å². The van der Waals surface area contributed by atoms with Gasteiger partial charge in [-0.2, -0.15) is 15.3 Å². The van der Waals surface area contributed by atoms with Crippen LogP contribution in [0.2, 0.25) is 0 Å². The number of Topliss-reactive ketones (excluding diaryl/α,β-unsaturated/α-hetero) is 1. The number of thiazole rings is 1. The highest BCUT2D eigenvalue weighted by atomic mass is 32.1. The first kappa shape index (κ1) is 19.8. The largest absolute Gasteiger partial charge is 0.292 e. The second-order valence-corrected chi connectivity index (χ2v) is 9.39. The van der Waals surface area contributed by atoms with Crippen molar-refractivity contribution in [2.45, 2.75) is 13.0 Å². The van der Waals surface area contributed by atoms with E-state index in [-0.39, 0.29) is 12.2 Å². The summed E-state index contributed by atoms with van der Waals surface area (Å²) in [4.78, 5) is 18.8. The van der Waals surface area contributed by atoms with Crippen molar-refractivity contribution in [3.63, 3.8) is 0 Å². The van der Waals surface area contributed by atoms with Crippen molar-refractivity contribution < 1.29 is 4.79 Å². The minimum atomic E-state index is -0.0505. The van der Waals surface area contributed by atoms with E-state index >= 15 is 0 Å². The number of rotatable bonds is 7. The lowest BCUT2D eigenvalue weighted by atomic mass is 10.0. The fourth-order valence-electron chi connectivity index (χ4n) is 3.73. The molecule has 5 aromatic heterocycles. The maximum Gasteiger partial charge on any atom is 0.188 e. The van der Waals surface area contributed by atoms with Crippen LogP contribution in [0.1, 0.15) is 21.7 Å². The number of hydrogen-bond donors (Lipinski definition) is 2. The Labute approximate surface area is 195 Å². The third kappa shape index (κ3) is 3.90. The molecule has 0 saturated heterocycles. The van der Waals surface area contributed by atoms with Crippen molar-refractivity contribution in [1.82, 2.24) is 35.2 Å². The standard InChI is InChI=1S/C23H17N7OS2/c31-20(22-18-4-3-15(7-19(18)28-29-22)16-9-24-25-10-16)6-14-8-26-30(11-14)12-17-13-33-23(27-17)21-2-1-5-32-21/h1-5,7-11,13H,6,12H2,(H,24,25)(H,28,29). The van der Waals surface area contributed by atoms with Gasteiger partial charge < -0.3 is 0 Å². The molecular formula is C23H17N7OS2. The zero-order chi connectivity index (χ0) is 22.2. The topological polar surface area (TPSA) is 105 Å². The number of thiophene rings is 1. The Morgan fingerprint density at radius 3 is 2.94 bits per heavy atom. The van der Waals surface area contributed by atoms with Crippen molar-refractivity contribution >= 4 is 39.4 Å². The zero-order valence-electron chi connectivity index (χ0n) is 17.2. The van der Waals surface area contributed by atoms with E-state index < -0.39 is 0 Å². The molecule has 33 heavy (non-hydrogen) atoms. The molecule has 0 spiro atoms. The maximum absolute atomic E-state index is 13.0. The Bertz CT molecular complexity index is 1540. The lowest BCUT2D eigenvalue weighted by Crippen LogP contribution is -2.04. The Morgan fingerprint density at radius 2 is 2.09 bits per heavy atom. The summed E-state index contributed by atoms with van der Waals surface area (Å²) in [6.45, 7) is 0.568. The van der Waals surface area contributed by atoms with Crippen LogP contribution >= 0.6 is 22.7 Å². The third-order valence-electron chi connectivity index (χ3n) is 5.32. The van der Waals surface area contributed by atoms with E-state index in [1.54, 1.807) is 35.1 Å². The third-order valence-corrected chi connectivity index (χ3v) is 7.25. The number of nitrogens with zero attached hydrogens (tertiary/aromatic N) is 5. The summed E-state index contributed by atoms with van der Waals surface area (Å²) in [5.74, 6) is -0.0505. The molecule has 0 atom stereocenters. The van der Waals surface area contributed by atoms with Crippen molar-refractivity contribution in [3.8, 4) is 21.0 Å². The number of ketones is 1. The summed E-state index contributed by atoms with van der Waals surface area (Å²) in [5, 5.41) is 24.4. The van der Waals surface area contributed by atoms with Crippen LogP contribution in [0.25, 0.3) is 31.9 Å². The number of fused-ring (bicyclic) bond motifs is 1. The van der Waals surface area contributed by atoms with Crippen molar-refractivity contribution in [2.75, 3.05) is 0 Å². The lowest BCUT2D eigenvalue weighted by Gasteiger charge is -1.99. The summed E-state index contributed by atoms with van der Waals surface area (Å²) in [6.07, 6.45) is 7.46. The van der Waals surface area contributed by atoms with E-state index in [4.69, 9.17) is 4.98 Å². The second kappa shape index (κ2) is 8.23. The summed E-state index contributed by atoms with van der Waals surface area (Å²) < 4.78 is 1.82. The highest BCUT2D eigenvalue weighted by Gasteiger charge is 2.16.